The lowest BCUT2D eigenvalue weighted by molar-refractivity contribution is -0.659. The highest BCUT2D eigenvalue weighted by atomic mass is 16.7. The zero-order chi connectivity index (χ0) is 17.4. The van der Waals surface area contributed by atoms with E-state index in [-0.39, 0.29) is 0 Å². The van der Waals surface area contributed by atoms with Crippen LogP contribution in [0.3, 0.4) is 0 Å². The van der Waals surface area contributed by atoms with Gasteiger partial charge in [-0.3, -0.25) is 0 Å². The maximum Gasteiger partial charge on any atom is 0.430 e. The number of nitro groups is 2. The molecule has 0 aliphatic rings. The Morgan fingerprint density at radius 3 is 1.32 bits per heavy atom. The molecular formula is C8H16N6O8. The van der Waals surface area contributed by atoms with Crippen molar-refractivity contribution in [1.82, 2.24) is 20.0 Å². The fourth-order valence-electron chi connectivity index (χ4n) is 1.17. The molecule has 0 unspecified atom stereocenters. The molecule has 0 aromatic carbocycles. The second kappa shape index (κ2) is 8.28. The van der Waals surface area contributed by atoms with Gasteiger partial charge in [-0.1, -0.05) is 0 Å². The van der Waals surface area contributed by atoms with Crippen LogP contribution in [0.1, 0.15) is 0 Å². The largest absolute Gasteiger partial charge is 0.451 e. The fourth-order valence-corrected chi connectivity index (χ4v) is 1.17. The summed E-state index contributed by atoms with van der Waals surface area (Å²) >= 11 is 0. The predicted molar refractivity (Wildman–Crippen MR) is 67.7 cm³/mol. The standard InChI is InChI=1S/C8H16N6O8/c1-9(13(17)18)5-11(7(15)21-3)12(8(16)22-4)6-10(2)14(19)20/h5-6H2,1-4H3. The van der Waals surface area contributed by atoms with Gasteiger partial charge in [0.25, 0.3) is 0 Å². The molecule has 0 aliphatic carbocycles. The van der Waals surface area contributed by atoms with Crippen LogP contribution in [0.5, 0.6) is 0 Å². The number of carbonyl (C=O) groups excluding carboxylic acids is 2. The molecule has 0 saturated carbocycles. The number of methoxy groups -OCH3 is 2. The highest BCUT2D eigenvalue weighted by molar-refractivity contribution is 5.73. The first-order valence-corrected chi connectivity index (χ1v) is 5.57. The second-order valence-electron chi connectivity index (χ2n) is 3.81. The number of amides is 2. The van der Waals surface area contributed by atoms with Gasteiger partial charge >= 0.3 is 12.2 Å². The molecule has 0 heterocycles. The molecular weight excluding hydrogens is 308 g/mol. The van der Waals surface area contributed by atoms with Gasteiger partial charge in [0.05, 0.1) is 28.3 Å². The van der Waals surface area contributed by atoms with E-state index in [4.69, 9.17) is 0 Å². The molecule has 0 atom stereocenters. The fraction of sp³-hybridized carbons (Fsp3) is 0.750. The quantitative estimate of drug-likeness (QED) is 0.345. The van der Waals surface area contributed by atoms with E-state index in [1.54, 1.807) is 0 Å². The molecule has 0 rings (SSSR count). The van der Waals surface area contributed by atoms with E-state index in [1.165, 1.54) is 0 Å². The van der Waals surface area contributed by atoms with Crippen molar-refractivity contribution in [2.45, 2.75) is 0 Å². The van der Waals surface area contributed by atoms with Crippen molar-refractivity contribution in [2.24, 2.45) is 0 Å². The zero-order valence-corrected chi connectivity index (χ0v) is 12.4. The monoisotopic (exact) mass is 324 g/mol. The van der Waals surface area contributed by atoms with Gasteiger partial charge in [-0.05, 0) is 0 Å². The van der Waals surface area contributed by atoms with Crippen LogP contribution >= 0.6 is 0 Å². The van der Waals surface area contributed by atoms with Crippen LogP contribution < -0.4 is 0 Å². The summed E-state index contributed by atoms with van der Waals surface area (Å²) in [5, 5.41) is 21.5. The van der Waals surface area contributed by atoms with Crippen LogP contribution in [-0.4, -0.2) is 83.9 Å². The lowest BCUT2D eigenvalue weighted by Crippen LogP contribution is -2.57. The third-order valence-corrected chi connectivity index (χ3v) is 2.30. The Labute approximate surface area is 124 Å². The third kappa shape index (κ3) is 5.14. The summed E-state index contributed by atoms with van der Waals surface area (Å²) < 4.78 is 8.82. The summed E-state index contributed by atoms with van der Waals surface area (Å²) in [5.74, 6) is 0. The van der Waals surface area contributed by atoms with Gasteiger partial charge in [0.2, 0.25) is 0 Å². The van der Waals surface area contributed by atoms with E-state index in [0.717, 1.165) is 28.3 Å². The van der Waals surface area contributed by atoms with Crippen molar-refractivity contribution in [3.05, 3.63) is 20.2 Å². The third-order valence-electron chi connectivity index (χ3n) is 2.30. The Bertz CT molecular complexity index is 404. The number of rotatable bonds is 6. The molecule has 0 aromatic heterocycles. The van der Waals surface area contributed by atoms with E-state index in [9.17, 15) is 29.8 Å². The number of hydrogen-bond donors (Lipinski definition) is 0. The lowest BCUT2D eigenvalue weighted by atomic mass is 10.7. The van der Waals surface area contributed by atoms with Crippen LogP contribution in [0.4, 0.5) is 9.59 Å². The molecule has 0 aromatic rings. The molecule has 2 amide bonds. The Balaban J connectivity index is 5.43. The molecule has 22 heavy (non-hydrogen) atoms. The molecule has 126 valence electrons. The first kappa shape index (κ1) is 18.9. The van der Waals surface area contributed by atoms with E-state index in [2.05, 4.69) is 9.47 Å². The summed E-state index contributed by atoms with van der Waals surface area (Å²) in [6, 6.07) is 0. The van der Waals surface area contributed by atoms with Gasteiger partial charge in [0.1, 0.15) is 0 Å². The predicted octanol–water partition coefficient (Wildman–Crippen LogP) is -0.800. The Morgan fingerprint density at radius 1 is 0.864 bits per heavy atom. The van der Waals surface area contributed by atoms with E-state index in [0.29, 0.717) is 20.0 Å². The van der Waals surface area contributed by atoms with Gasteiger partial charge in [0.15, 0.2) is 23.4 Å². The number of hydrazine groups is 3. The average Bonchev–Trinajstić information content (AvgIpc) is 2.48. The van der Waals surface area contributed by atoms with Crippen molar-refractivity contribution in [1.29, 1.82) is 0 Å². The van der Waals surface area contributed by atoms with Crippen LogP contribution in [0.25, 0.3) is 0 Å². The van der Waals surface area contributed by atoms with Crippen LogP contribution in [0, 0.1) is 20.2 Å². The van der Waals surface area contributed by atoms with E-state index in [1.807, 2.05) is 0 Å². The SMILES string of the molecule is COC(=O)N(CN(C)[N+](=O)[O-])N(CN(C)[N+](=O)[O-])C(=O)OC. The maximum absolute atomic E-state index is 11.7. The molecule has 0 bridgehead atoms. The number of carbonyl (C=O) groups is 2. The van der Waals surface area contributed by atoms with Crippen molar-refractivity contribution in [2.75, 3.05) is 41.7 Å². The van der Waals surface area contributed by atoms with Crippen LogP contribution in [0.2, 0.25) is 0 Å². The summed E-state index contributed by atoms with van der Waals surface area (Å²) in [5.41, 5.74) is 0. The summed E-state index contributed by atoms with van der Waals surface area (Å²) in [6.07, 6.45) is -2.29. The van der Waals surface area contributed by atoms with Gasteiger partial charge in [-0.25, -0.2) is 29.8 Å². The Kier molecular flexibility index (Phi) is 7.13. The first-order chi connectivity index (χ1) is 10.1. The number of nitrogens with zero attached hydrogens (tertiary/aromatic N) is 6. The van der Waals surface area contributed by atoms with Gasteiger partial charge in [-0.15, -0.1) is 10.0 Å². The average molecular weight is 324 g/mol. The van der Waals surface area contributed by atoms with Gasteiger partial charge in [0, 0.05) is 0 Å². The van der Waals surface area contributed by atoms with Crippen molar-refractivity contribution < 1.29 is 29.1 Å². The molecule has 0 saturated heterocycles. The zero-order valence-electron chi connectivity index (χ0n) is 12.4. The lowest BCUT2D eigenvalue weighted by Gasteiger charge is -2.32. The number of hydrogen-bond acceptors (Lipinski definition) is 8. The molecule has 0 fully saturated rings. The topological polar surface area (TPSA) is 152 Å². The normalized spacial score (nSPS) is 9.45. The van der Waals surface area contributed by atoms with Crippen LogP contribution in [-0.2, 0) is 9.47 Å². The molecule has 0 N–H and O–H groups in total. The minimum atomic E-state index is -1.14. The Morgan fingerprint density at radius 2 is 1.14 bits per heavy atom. The Hall–Kier alpha value is -3.06. The van der Waals surface area contributed by atoms with Crippen molar-refractivity contribution >= 4 is 12.2 Å². The second-order valence-corrected chi connectivity index (χ2v) is 3.81. The minimum absolute atomic E-state index is 0.471. The van der Waals surface area contributed by atoms with Gasteiger partial charge in [-0.2, -0.15) is 10.0 Å². The smallest absolute Gasteiger partial charge is 0.430 e. The molecule has 0 aliphatic heterocycles. The minimum Gasteiger partial charge on any atom is -0.451 e. The molecule has 0 radical (unpaired) electrons. The first-order valence-electron chi connectivity index (χ1n) is 5.57. The summed E-state index contributed by atoms with van der Waals surface area (Å²) in [4.78, 5) is 44.7. The van der Waals surface area contributed by atoms with Crippen molar-refractivity contribution in [3.63, 3.8) is 0 Å². The number of ether oxygens (including phenoxy) is 2. The summed E-state index contributed by atoms with van der Waals surface area (Å²) in [6.45, 7) is -1.42. The highest BCUT2D eigenvalue weighted by Crippen LogP contribution is 2.07. The van der Waals surface area contributed by atoms with Gasteiger partial charge < -0.3 is 9.47 Å². The molecule has 14 nitrogen and oxygen atoms in total. The summed E-state index contributed by atoms with van der Waals surface area (Å²) in [7, 11) is 4.02. The molecule has 0 spiro atoms. The molecule has 14 heteroatoms. The van der Waals surface area contributed by atoms with Crippen molar-refractivity contribution in [3.8, 4) is 0 Å². The van der Waals surface area contributed by atoms with Crippen LogP contribution in [0.15, 0.2) is 0 Å². The highest BCUT2D eigenvalue weighted by Gasteiger charge is 2.33. The van der Waals surface area contributed by atoms with E-state index < -0.39 is 35.6 Å². The van der Waals surface area contributed by atoms with E-state index >= 15 is 0 Å². The maximum atomic E-state index is 11.7.